The van der Waals surface area contributed by atoms with Crippen LogP contribution >= 0.6 is 23.4 Å². The molecule has 6 heteroatoms. The molecular weight excluding hydrogens is 306 g/mol. The van der Waals surface area contributed by atoms with E-state index in [1.807, 2.05) is 16.7 Å². The highest BCUT2D eigenvalue weighted by atomic mass is 35.5. The van der Waals surface area contributed by atoms with E-state index in [1.165, 1.54) is 5.57 Å². The summed E-state index contributed by atoms with van der Waals surface area (Å²) in [7, 11) is 0. The normalized spacial score (nSPS) is 19.0. The molecule has 0 amide bonds. The Morgan fingerprint density at radius 3 is 3.14 bits per heavy atom. The molecule has 0 bridgehead atoms. The number of nitrogens with zero attached hydrogens (tertiary/aromatic N) is 3. The van der Waals surface area contributed by atoms with Gasteiger partial charge in [-0.3, -0.25) is 4.40 Å². The summed E-state index contributed by atoms with van der Waals surface area (Å²) in [5.41, 5.74) is 3.39. The summed E-state index contributed by atoms with van der Waals surface area (Å²) >= 11 is 7.61. The Balaban J connectivity index is 1.87. The third-order valence-electron chi connectivity index (χ3n) is 3.51. The number of thioether (sulfide) groups is 1. The fraction of sp³-hybridized carbons (Fsp3) is 0.467. The summed E-state index contributed by atoms with van der Waals surface area (Å²) in [6.45, 7) is 1.68. The zero-order chi connectivity index (χ0) is 14.7. The van der Waals surface area contributed by atoms with Gasteiger partial charge < -0.3 is 4.74 Å². The monoisotopic (exact) mass is 323 g/mol. The zero-order valence-corrected chi connectivity index (χ0v) is 13.6. The minimum absolute atomic E-state index is 0.492. The van der Waals surface area contributed by atoms with Crippen LogP contribution in [0.25, 0.3) is 5.65 Å². The van der Waals surface area contributed by atoms with Gasteiger partial charge in [0.1, 0.15) is 10.8 Å². The van der Waals surface area contributed by atoms with Crippen LogP contribution < -0.4 is 0 Å². The van der Waals surface area contributed by atoms with Crippen molar-refractivity contribution in [1.82, 2.24) is 14.4 Å². The molecule has 0 fully saturated rings. The maximum absolute atomic E-state index is 6.04. The van der Waals surface area contributed by atoms with Gasteiger partial charge in [-0.25, -0.2) is 9.97 Å². The van der Waals surface area contributed by atoms with Gasteiger partial charge in [0.05, 0.1) is 12.3 Å². The number of hydrogen-bond acceptors (Lipinski definition) is 4. The predicted octanol–water partition coefficient (Wildman–Crippen LogP) is 3.77. The summed E-state index contributed by atoms with van der Waals surface area (Å²) in [6.07, 6.45) is 10.4. The van der Waals surface area contributed by atoms with Crippen molar-refractivity contribution >= 4 is 29.0 Å². The van der Waals surface area contributed by atoms with E-state index in [0.717, 1.165) is 55.4 Å². The van der Waals surface area contributed by atoms with Gasteiger partial charge in [-0.15, -0.1) is 0 Å². The third-order valence-corrected chi connectivity index (χ3v) is 4.36. The topological polar surface area (TPSA) is 39.4 Å². The second kappa shape index (κ2) is 6.81. The van der Waals surface area contributed by atoms with E-state index >= 15 is 0 Å². The Labute approximate surface area is 133 Å². The van der Waals surface area contributed by atoms with E-state index in [4.69, 9.17) is 16.3 Å². The SMILES string of the molecule is CSc1nc(Cl)cc2nc(C/C3=C\CCOCCC3)cn12. The molecule has 0 N–H and O–H groups in total. The molecule has 0 saturated carbocycles. The smallest absolute Gasteiger partial charge is 0.174 e. The molecule has 0 atom stereocenters. The number of halogens is 1. The highest BCUT2D eigenvalue weighted by Crippen LogP contribution is 2.21. The summed E-state index contributed by atoms with van der Waals surface area (Å²) in [5.74, 6) is 0. The molecule has 112 valence electrons. The molecule has 1 aliphatic rings. The van der Waals surface area contributed by atoms with E-state index in [-0.39, 0.29) is 0 Å². The number of rotatable bonds is 3. The molecule has 0 aromatic carbocycles. The molecule has 3 heterocycles. The van der Waals surface area contributed by atoms with Crippen molar-refractivity contribution < 1.29 is 4.74 Å². The average molecular weight is 324 g/mol. The number of fused-ring (bicyclic) bond motifs is 1. The highest BCUT2D eigenvalue weighted by Gasteiger charge is 2.10. The predicted molar refractivity (Wildman–Crippen MR) is 86.2 cm³/mol. The van der Waals surface area contributed by atoms with Crippen LogP contribution in [-0.2, 0) is 11.2 Å². The Kier molecular flexibility index (Phi) is 4.83. The van der Waals surface area contributed by atoms with Crippen LogP contribution in [0.15, 0.2) is 29.1 Å². The summed E-state index contributed by atoms with van der Waals surface area (Å²) < 4.78 is 7.49. The molecule has 1 aliphatic heterocycles. The molecule has 21 heavy (non-hydrogen) atoms. The Bertz CT molecular complexity index is 668. The first-order valence-corrected chi connectivity index (χ1v) is 8.70. The third kappa shape index (κ3) is 3.59. The first-order chi connectivity index (χ1) is 10.3. The van der Waals surface area contributed by atoms with Gasteiger partial charge in [-0.2, -0.15) is 0 Å². The molecule has 0 saturated heterocycles. The van der Waals surface area contributed by atoms with Crippen molar-refractivity contribution in [3.8, 4) is 0 Å². The van der Waals surface area contributed by atoms with Gasteiger partial charge in [0.2, 0.25) is 0 Å². The van der Waals surface area contributed by atoms with Gasteiger partial charge in [0, 0.05) is 25.3 Å². The van der Waals surface area contributed by atoms with Crippen LogP contribution in [0.5, 0.6) is 0 Å². The van der Waals surface area contributed by atoms with Crippen LogP contribution in [0, 0.1) is 0 Å². The van der Waals surface area contributed by atoms with Crippen LogP contribution in [0.3, 0.4) is 0 Å². The highest BCUT2D eigenvalue weighted by molar-refractivity contribution is 7.98. The maximum atomic E-state index is 6.04. The fourth-order valence-corrected chi connectivity index (χ4v) is 3.32. The molecular formula is C15H18ClN3OS. The quantitative estimate of drug-likeness (QED) is 0.373. The number of hydrogen-bond donors (Lipinski definition) is 0. The standard InChI is InChI=1S/C15H18ClN3OS/c1-21-15-18-13(16)9-14-17-12(10-19(14)15)8-11-4-2-6-20-7-3-5-11/h4,9-10H,2-3,5-8H2,1H3/b11-4-. The van der Waals surface area contributed by atoms with Gasteiger partial charge in [-0.05, 0) is 25.5 Å². The lowest BCUT2D eigenvalue weighted by atomic mass is 10.0. The Morgan fingerprint density at radius 2 is 2.29 bits per heavy atom. The van der Waals surface area contributed by atoms with Gasteiger partial charge in [0.25, 0.3) is 0 Å². The van der Waals surface area contributed by atoms with Gasteiger partial charge in [-0.1, -0.05) is 35.0 Å². The first-order valence-electron chi connectivity index (χ1n) is 7.10. The average Bonchev–Trinajstić information content (AvgIpc) is 2.83. The number of aromatic nitrogens is 3. The minimum Gasteiger partial charge on any atom is -0.381 e. The van der Waals surface area contributed by atoms with Gasteiger partial charge in [0.15, 0.2) is 5.16 Å². The van der Waals surface area contributed by atoms with Crippen molar-refractivity contribution in [2.24, 2.45) is 0 Å². The zero-order valence-electron chi connectivity index (χ0n) is 12.0. The van der Waals surface area contributed by atoms with Crippen molar-refractivity contribution in [1.29, 1.82) is 0 Å². The maximum Gasteiger partial charge on any atom is 0.174 e. The minimum atomic E-state index is 0.492. The number of ether oxygens (including phenoxy) is 1. The van der Waals surface area contributed by atoms with Gasteiger partial charge >= 0.3 is 0 Å². The number of imidazole rings is 1. The molecule has 3 rings (SSSR count). The number of allylic oxidation sites excluding steroid dienone is 1. The summed E-state index contributed by atoms with van der Waals surface area (Å²) in [6, 6.07) is 1.81. The molecule has 4 nitrogen and oxygen atoms in total. The molecule has 2 aromatic rings. The Hall–Kier alpha value is -1.04. The Morgan fingerprint density at radius 1 is 1.38 bits per heavy atom. The van der Waals surface area contributed by atoms with Crippen LogP contribution in [0.1, 0.15) is 25.0 Å². The van der Waals surface area contributed by atoms with Crippen molar-refractivity contribution in [2.75, 3.05) is 19.5 Å². The van der Waals surface area contributed by atoms with Crippen LogP contribution in [0.4, 0.5) is 0 Å². The van der Waals surface area contributed by atoms with E-state index in [2.05, 4.69) is 22.2 Å². The molecule has 2 aromatic heterocycles. The lowest BCUT2D eigenvalue weighted by Gasteiger charge is -2.10. The summed E-state index contributed by atoms with van der Waals surface area (Å²) in [5, 5.41) is 1.36. The fourth-order valence-electron chi connectivity index (χ4n) is 2.56. The van der Waals surface area contributed by atoms with Crippen molar-refractivity contribution in [3.05, 3.63) is 34.8 Å². The molecule has 0 unspecified atom stereocenters. The largest absolute Gasteiger partial charge is 0.381 e. The second-order valence-electron chi connectivity index (χ2n) is 5.07. The van der Waals surface area contributed by atoms with E-state index in [1.54, 1.807) is 11.8 Å². The van der Waals surface area contributed by atoms with E-state index < -0.39 is 0 Å². The molecule has 0 spiro atoms. The molecule has 0 radical (unpaired) electrons. The van der Waals surface area contributed by atoms with Crippen LogP contribution in [-0.4, -0.2) is 33.8 Å². The van der Waals surface area contributed by atoms with E-state index in [9.17, 15) is 0 Å². The second-order valence-corrected chi connectivity index (χ2v) is 6.23. The lowest BCUT2D eigenvalue weighted by molar-refractivity contribution is 0.133. The first kappa shape index (κ1) is 14.9. The van der Waals surface area contributed by atoms with E-state index in [0.29, 0.717) is 5.15 Å². The van der Waals surface area contributed by atoms with Crippen molar-refractivity contribution in [3.63, 3.8) is 0 Å². The lowest BCUT2D eigenvalue weighted by Crippen LogP contribution is -2.02. The van der Waals surface area contributed by atoms with Crippen molar-refractivity contribution in [2.45, 2.75) is 30.8 Å². The summed E-state index contributed by atoms with van der Waals surface area (Å²) in [4.78, 5) is 9.01. The van der Waals surface area contributed by atoms with Crippen LogP contribution in [0.2, 0.25) is 5.15 Å². The molecule has 0 aliphatic carbocycles.